The first-order valence-electron chi connectivity index (χ1n) is 44.5. The first kappa shape index (κ1) is 78.1. The second-order valence-corrected chi connectivity index (χ2v) is 37.1. The second-order valence-electron chi connectivity index (χ2n) is 37.1. The molecule has 0 fully saturated rings. The second kappa shape index (κ2) is 31.8. The number of rotatable bonds is 30. The van der Waals surface area contributed by atoms with Gasteiger partial charge in [-0.25, -0.2) is 14.4 Å². The number of esters is 3. The van der Waals surface area contributed by atoms with Crippen molar-refractivity contribution < 1.29 is 28.6 Å². The van der Waals surface area contributed by atoms with E-state index in [1.165, 1.54) is 226 Å². The van der Waals surface area contributed by atoms with Crippen molar-refractivity contribution in [2.24, 2.45) is 35.5 Å². The zero-order valence-corrected chi connectivity index (χ0v) is 71.8. The molecule has 0 aromatic heterocycles. The first-order valence-corrected chi connectivity index (χ1v) is 44.5. The van der Waals surface area contributed by atoms with Crippen molar-refractivity contribution in [2.45, 2.75) is 159 Å². The van der Waals surface area contributed by atoms with Gasteiger partial charge in [0.25, 0.3) is 0 Å². The molecule has 3 atom stereocenters. The van der Waals surface area contributed by atoms with Crippen LogP contribution in [-0.2, 0) is 33.5 Å². The Labute approximate surface area is 705 Å². The Hall–Kier alpha value is -11.7. The van der Waals surface area contributed by atoms with Crippen LogP contribution in [0.5, 0.6) is 0 Å². The van der Waals surface area contributed by atoms with Gasteiger partial charge in [-0.2, -0.15) is 0 Å². The average Bonchev–Trinajstić information content (AvgIpc) is 0.640. The largest absolute Gasteiger partial charge is 0.465 e. The molecular weight excluding hydrogens is 1470 g/mol. The van der Waals surface area contributed by atoms with E-state index in [0.717, 1.165) is 117 Å². The molecule has 19 rings (SSSR count). The minimum absolute atomic E-state index is 0.368. The van der Waals surface area contributed by atoms with E-state index in [1.807, 2.05) is 36.4 Å². The van der Waals surface area contributed by atoms with Crippen LogP contribution in [0.25, 0.3) is 196 Å². The van der Waals surface area contributed by atoms with Crippen molar-refractivity contribution in [3.8, 4) is 66.8 Å². The van der Waals surface area contributed by atoms with Gasteiger partial charge in [-0.3, -0.25) is 0 Å². The van der Waals surface area contributed by atoms with Crippen molar-refractivity contribution in [3.63, 3.8) is 0 Å². The molecule has 0 saturated carbocycles. The van der Waals surface area contributed by atoms with E-state index in [4.69, 9.17) is 14.2 Å². The molecule has 6 heteroatoms. The Morgan fingerprint density at radius 1 is 0.208 bits per heavy atom. The minimum Gasteiger partial charge on any atom is -0.465 e. The van der Waals surface area contributed by atoms with Gasteiger partial charge in [0.05, 0.1) is 38.0 Å². The van der Waals surface area contributed by atoms with E-state index in [-0.39, 0.29) is 17.9 Å². The fourth-order valence-corrected chi connectivity index (χ4v) is 20.9. The molecule has 19 aromatic carbocycles. The van der Waals surface area contributed by atoms with Gasteiger partial charge in [-0.05, 0) is 396 Å². The standard InChI is InChI=1S/C114H108O6/c1-64(2)16-13-19-67(7)22-25-70-28-34-73(35-29-70)82-52-88-89-53-83(74-36-30-71(31-37-74)26-23-68(8)20-14-17-65(3)4)55-91-96-60-86(77-42-48-80(49-43-77)113(116)119-11)62-98-99-63-87(78-44-50-81(51-45-78)114(117)120-12)61-97-93-57-84(75-38-32-72(33-39-75)27-24-69(9)21-15-18-66(5)6)56-92-95-59-85(76-40-46-79(47-41-76)112(115)118-10)58-94-90(54-82)100(88)106-107(101(89)91)110(104(96)98)111(105(97)99)108(102(92)93)109(106)103(94)95/h28-69H,13-27H2,1-12H3. The highest BCUT2D eigenvalue weighted by molar-refractivity contribution is 6.61. The normalized spacial score (nSPS) is 13.2. The maximum absolute atomic E-state index is 13.3. The number of benzene rings is 19. The molecule has 0 aliphatic carbocycles. The number of fused-ring (bicyclic) bond motifs is 6. The van der Waals surface area contributed by atoms with Crippen LogP contribution in [0.2, 0.25) is 0 Å². The Bertz CT molecular complexity index is 7020. The molecule has 0 heterocycles. The highest BCUT2D eigenvalue weighted by Gasteiger charge is 2.34. The van der Waals surface area contributed by atoms with Gasteiger partial charge in [-0.15, -0.1) is 0 Å². The number of aryl methyl sites for hydroxylation is 3. The summed E-state index contributed by atoms with van der Waals surface area (Å²) in [5.74, 6) is 2.98. The maximum Gasteiger partial charge on any atom is 0.337 e. The summed E-state index contributed by atoms with van der Waals surface area (Å²) >= 11 is 0. The molecule has 0 amide bonds. The highest BCUT2D eigenvalue weighted by Crippen LogP contribution is 2.62. The highest BCUT2D eigenvalue weighted by atomic mass is 16.5. The lowest BCUT2D eigenvalue weighted by molar-refractivity contribution is 0.0592. The minimum atomic E-state index is -0.380. The van der Waals surface area contributed by atoms with Gasteiger partial charge in [0.1, 0.15) is 0 Å². The van der Waals surface area contributed by atoms with E-state index in [1.54, 1.807) is 0 Å². The van der Waals surface area contributed by atoms with Crippen LogP contribution < -0.4 is 0 Å². The average molecular weight is 1570 g/mol. The van der Waals surface area contributed by atoms with Crippen molar-refractivity contribution in [1.29, 1.82) is 0 Å². The van der Waals surface area contributed by atoms with E-state index in [0.29, 0.717) is 40.4 Å². The summed E-state index contributed by atoms with van der Waals surface area (Å²) in [4.78, 5) is 40.0. The van der Waals surface area contributed by atoms with Crippen LogP contribution in [0.3, 0.4) is 0 Å². The van der Waals surface area contributed by atoms with Crippen LogP contribution in [0.1, 0.15) is 187 Å². The van der Waals surface area contributed by atoms with E-state index in [2.05, 4.69) is 244 Å². The Morgan fingerprint density at radius 2 is 0.375 bits per heavy atom. The van der Waals surface area contributed by atoms with Crippen molar-refractivity contribution >= 4 is 147 Å². The van der Waals surface area contributed by atoms with Gasteiger partial charge in [-0.1, -0.05) is 229 Å². The summed E-state index contributed by atoms with van der Waals surface area (Å²) in [6, 6.07) is 82.5. The van der Waals surface area contributed by atoms with Gasteiger partial charge >= 0.3 is 17.9 Å². The smallest absolute Gasteiger partial charge is 0.337 e. The van der Waals surface area contributed by atoms with Gasteiger partial charge < -0.3 is 14.2 Å². The quantitative estimate of drug-likeness (QED) is 0.0193. The fraction of sp³-hybridized carbons (Fsp3) is 0.289. The van der Waals surface area contributed by atoms with E-state index < -0.39 is 0 Å². The van der Waals surface area contributed by atoms with Gasteiger partial charge in [0.2, 0.25) is 0 Å². The number of hydrogen-bond donors (Lipinski definition) is 0. The number of hydrogen-bond acceptors (Lipinski definition) is 6. The summed E-state index contributed by atoms with van der Waals surface area (Å²) in [5.41, 5.74) is 18.7. The Morgan fingerprint density at radius 3 is 0.533 bits per heavy atom. The third-order valence-corrected chi connectivity index (χ3v) is 27.6. The number of carbonyl (C=O) groups excluding carboxylic acids is 3. The lowest BCUT2D eigenvalue weighted by Gasteiger charge is -2.30. The predicted octanol–water partition coefficient (Wildman–Crippen LogP) is 31.7. The van der Waals surface area contributed by atoms with Crippen LogP contribution in [0.15, 0.2) is 218 Å². The lowest BCUT2D eigenvalue weighted by atomic mass is 9.72. The Balaban J connectivity index is 0.956. The molecule has 0 saturated heterocycles. The summed E-state index contributed by atoms with van der Waals surface area (Å²) in [7, 11) is 4.33. The molecular formula is C114H108O6. The topological polar surface area (TPSA) is 78.9 Å². The van der Waals surface area contributed by atoms with E-state index in [9.17, 15) is 14.4 Å². The van der Waals surface area contributed by atoms with Crippen LogP contribution in [0.4, 0.5) is 0 Å². The molecule has 120 heavy (non-hydrogen) atoms. The lowest BCUT2D eigenvalue weighted by Crippen LogP contribution is -2.02. The SMILES string of the molecule is COC(=O)c1ccc(-c2cc3c4cc(-c5ccc(CCC(C)CCCC(C)C)cc5)cc5c6cc(-c7ccc(CCC(C)CCCC(C)C)cc7)cc7c8cc(-c9ccc(C(=O)OC)cc9)cc9c%10cc(-c%11ccc(C(=O)OC)cc%11)cc%11c%12cc(-c%13ccc(CCC(C)CCCC(C)C)cc%13)cc%13c(c2)c3c2c(c54)c(c67)c(c89)c(c%11%10)c2c%13%12)cc1. The number of ether oxygens (including phenoxy) is 3. The number of carbonyl (C=O) groups is 3. The molecule has 6 nitrogen and oxygen atoms in total. The van der Waals surface area contributed by atoms with E-state index >= 15 is 0 Å². The monoisotopic (exact) mass is 1570 g/mol. The van der Waals surface area contributed by atoms with Gasteiger partial charge in [0, 0.05) is 0 Å². The fourth-order valence-electron chi connectivity index (χ4n) is 20.9. The van der Waals surface area contributed by atoms with Crippen molar-refractivity contribution in [1.82, 2.24) is 0 Å². The van der Waals surface area contributed by atoms with Crippen molar-refractivity contribution in [2.75, 3.05) is 21.3 Å². The Kier molecular flexibility index (Phi) is 20.7. The van der Waals surface area contributed by atoms with Crippen molar-refractivity contribution in [3.05, 3.63) is 252 Å². The molecule has 0 radical (unpaired) electrons. The summed E-state index contributed by atoms with van der Waals surface area (Å²) in [6.07, 6.45) is 18.0. The molecule has 3 unspecified atom stereocenters. The third-order valence-electron chi connectivity index (χ3n) is 27.6. The summed E-state index contributed by atoms with van der Waals surface area (Å²) < 4.78 is 16.0. The summed E-state index contributed by atoms with van der Waals surface area (Å²) in [6.45, 7) is 21.3. The predicted molar refractivity (Wildman–Crippen MR) is 509 cm³/mol. The van der Waals surface area contributed by atoms with Crippen LogP contribution >= 0.6 is 0 Å². The van der Waals surface area contributed by atoms with Gasteiger partial charge in [0.15, 0.2) is 0 Å². The zero-order chi connectivity index (χ0) is 82.6. The van der Waals surface area contributed by atoms with Crippen LogP contribution in [-0.4, -0.2) is 39.2 Å². The molecule has 0 aliphatic heterocycles. The third kappa shape index (κ3) is 13.9. The molecule has 0 N–H and O–H groups in total. The molecule has 0 spiro atoms. The molecule has 600 valence electrons. The maximum atomic E-state index is 13.3. The first-order chi connectivity index (χ1) is 58.3. The molecule has 0 aliphatic rings. The molecule has 0 bridgehead atoms. The summed E-state index contributed by atoms with van der Waals surface area (Å²) in [5, 5.41) is 29.3. The molecule has 19 aromatic rings. The number of methoxy groups -OCH3 is 3. The zero-order valence-electron chi connectivity index (χ0n) is 71.8. The van der Waals surface area contributed by atoms with Crippen LogP contribution in [0, 0.1) is 35.5 Å².